The van der Waals surface area contributed by atoms with Crippen molar-refractivity contribution >= 4 is 17.1 Å². The molecule has 0 amide bonds. The SMILES string of the molecule is CCn1c(=O)c2c(nc(NC)n2CC)n(CCCOC)c1=O. The number of hydrogen-bond acceptors (Lipinski definition) is 5. The Kier molecular flexibility index (Phi) is 5.02. The lowest BCUT2D eigenvalue weighted by molar-refractivity contribution is 0.190. The van der Waals surface area contributed by atoms with Crippen LogP contribution in [0.4, 0.5) is 5.95 Å². The van der Waals surface area contributed by atoms with Gasteiger partial charge >= 0.3 is 5.69 Å². The third kappa shape index (κ3) is 2.54. The Labute approximate surface area is 128 Å². The summed E-state index contributed by atoms with van der Waals surface area (Å²) in [5.74, 6) is 0.586. The lowest BCUT2D eigenvalue weighted by atomic mass is 10.4. The Bertz CT molecular complexity index is 771. The van der Waals surface area contributed by atoms with Gasteiger partial charge in [-0.05, 0) is 20.3 Å². The van der Waals surface area contributed by atoms with Crippen molar-refractivity contribution in [2.24, 2.45) is 0 Å². The lowest BCUT2D eigenvalue weighted by Crippen LogP contribution is -2.40. The molecule has 0 atom stereocenters. The van der Waals surface area contributed by atoms with Crippen LogP contribution >= 0.6 is 0 Å². The van der Waals surface area contributed by atoms with Gasteiger partial charge in [0.1, 0.15) is 0 Å². The predicted octanol–water partition coefficient (Wildman–Crippen LogP) is 0.478. The largest absolute Gasteiger partial charge is 0.385 e. The van der Waals surface area contributed by atoms with Crippen LogP contribution in [0.1, 0.15) is 20.3 Å². The van der Waals surface area contributed by atoms with Crippen LogP contribution in [-0.4, -0.2) is 39.4 Å². The Morgan fingerprint density at radius 3 is 2.36 bits per heavy atom. The molecule has 0 bridgehead atoms. The van der Waals surface area contributed by atoms with Crippen molar-refractivity contribution in [3.8, 4) is 0 Å². The molecule has 122 valence electrons. The molecule has 8 heteroatoms. The molecule has 0 fully saturated rings. The molecule has 2 aromatic rings. The molecule has 0 aliphatic rings. The number of nitrogens with zero attached hydrogens (tertiary/aromatic N) is 4. The van der Waals surface area contributed by atoms with Crippen molar-refractivity contribution in [3.63, 3.8) is 0 Å². The standard InChI is InChI=1S/C14H23N5O3/c1-5-17-10-11(16-13(17)15-3)19(8-7-9-22-4)14(21)18(6-2)12(10)20/h5-9H2,1-4H3,(H,15,16). The molecule has 0 saturated heterocycles. The molecule has 8 nitrogen and oxygen atoms in total. The number of fused-ring (bicyclic) bond motifs is 1. The summed E-state index contributed by atoms with van der Waals surface area (Å²) < 4.78 is 9.66. The zero-order chi connectivity index (χ0) is 16.3. The fourth-order valence-electron chi connectivity index (χ4n) is 2.64. The smallest absolute Gasteiger partial charge is 0.332 e. The first kappa shape index (κ1) is 16.3. The number of ether oxygens (including phenoxy) is 1. The third-order valence-electron chi connectivity index (χ3n) is 3.70. The molecule has 2 rings (SSSR count). The highest BCUT2D eigenvalue weighted by Gasteiger charge is 2.19. The minimum absolute atomic E-state index is 0.290. The normalized spacial score (nSPS) is 11.3. The van der Waals surface area contributed by atoms with E-state index in [-0.39, 0.29) is 11.2 Å². The van der Waals surface area contributed by atoms with Gasteiger partial charge in [0.25, 0.3) is 5.56 Å². The summed E-state index contributed by atoms with van der Waals surface area (Å²) in [6.45, 7) is 5.68. The lowest BCUT2D eigenvalue weighted by Gasteiger charge is -2.10. The molecule has 0 aliphatic heterocycles. The summed E-state index contributed by atoms with van der Waals surface area (Å²) in [4.78, 5) is 29.6. The Morgan fingerprint density at radius 2 is 1.82 bits per heavy atom. The number of hydrogen-bond donors (Lipinski definition) is 1. The quantitative estimate of drug-likeness (QED) is 0.752. The molecule has 0 saturated carbocycles. The summed E-state index contributed by atoms with van der Waals surface area (Å²) in [6.07, 6.45) is 0.682. The second kappa shape index (κ2) is 6.78. The van der Waals surface area contributed by atoms with E-state index in [9.17, 15) is 9.59 Å². The van der Waals surface area contributed by atoms with E-state index in [1.807, 2.05) is 6.92 Å². The van der Waals surface area contributed by atoms with Gasteiger partial charge in [0, 0.05) is 40.4 Å². The van der Waals surface area contributed by atoms with Gasteiger partial charge in [0.2, 0.25) is 5.95 Å². The molecular weight excluding hydrogens is 286 g/mol. The third-order valence-corrected chi connectivity index (χ3v) is 3.70. The minimum atomic E-state index is -0.320. The number of aromatic nitrogens is 4. The summed E-state index contributed by atoms with van der Waals surface area (Å²) >= 11 is 0. The fraction of sp³-hybridized carbons (Fsp3) is 0.643. The van der Waals surface area contributed by atoms with Gasteiger partial charge in [-0.2, -0.15) is 4.98 Å². The van der Waals surface area contributed by atoms with Crippen molar-refractivity contribution < 1.29 is 4.74 Å². The summed E-state index contributed by atoms with van der Waals surface area (Å²) in [5.41, 5.74) is 0.286. The summed E-state index contributed by atoms with van der Waals surface area (Å²) in [5, 5.41) is 2.98. The van der Waals surface area contributed by atoms with Crippen LogP contribution in [0.25, 0.3) is 11.2 Å². The van der Waals surface area contributed by atoms with Crippen molar-refractivity contribution in [1.29, 1.82) is 0 Å². The van der Waals surface area contributed by atoms with E-state index in [4.69, 9.17) is 4.74 Å². The Morgan fingerprint density at radius 1 is 1.14 bits per heavy atom. The van der Waals surface area contributed by atoms with Crippen molar-refractivity contribution in [1.82, 2.24) is 18.7 Å². The van der Waals surface area contributed by atoms with Crippen LogP contribution in [0.3, 0.4) is 0 Å². The molecular formula is C14H23N5O3. The maximum atomic E-state index is 12.6. The monoisotopic (exact) mass is 309 g/mol. The van der Waals surface area contributed by atoms with Crippen molar-refractivity contribution in [2.75, 3.05) is 26.1 Å². The number of rotatable bonds is 7. The van der Waals surface area contributed by atoms with E-state index in [1.165, 1.54) is 4.57 Å². The average Bonchev–Trinajstić information content (AvgIpc) is 2.89. The molecule has 0 unspecified atom stereocenters. The van der Waals surface area contributed by atoms with E-state index >= 15 is 0 Å². The van der Waals surface area contributed by atoms with E-state index in [1.54, 1.807) is 30.2 Å². The fourth-order valence-corrected chi connectivity index (χ4v) is 2.64. The zero-order valence-electron chi connectivity index (χ0n) is 13.5. The van der Waals surface area contributed by atoms with Crippen LogP contribution in [0.15, 0.2) is 9.59 Å². The highest BCUT2D eigenvalue weighted by molar-refractivity contribution is 5.74. The van der Waals surface area contributed by atoms with Gasteiger partial charge in [0.05, 0.1) is 0 Å². The van der Waals surface area contributed by atoms with Gasteiger partial charge in [-0.25, -0.2) is 4.79 Å². The number of aryl methyl sites for hydroxylation is 2. The van der Waals surface area contributed by atoms with Crippen LogP contribution in [0.2, 0.25) is 0 Å². The molecule has 0 aromatic carbocycles. The molecule has 0 aliphatic carbocycles. The second-order valence-corrected chi connectivity index (χ2v) is 4.93. The van der Waals surface area contributed by atoms with Crippen LogP contribution in [0, 0.1) is 0 Å². The first-order chi connectivity index (χ1) is 10.6. The van der Waals surface area contributed by atoms with Crippen LogP contribution < -0.4 is 16.6 Å². The van der Waals surface area contributed by atoms with E-state index in [0.717, 1.165) is 0 Å². The second-order valence-electron chi connectivity index (χ2n) is 4.93. The number of imidazole rings is 1. The minimum Gasteiger partial charge on any atom is -0.385 e. The molecule has 0 spiro atoms. The Balaban J connectivity index is 2.79. The first-order valence-corrected chi connectivity index (χ1v) is 7.51. The van der Waals surface area contributed by atoms with Crippen LogP contribution in [0.5, 0.6) is 0 Å². The maximum Gasteiger partial charge on any atom is 0.332 e. The topological polar surface area (TPSA) is 83.1 Å². The molecule has 2 heterocycles. The van der Waals surface area contributed by atoms with Crippen molar-refractivity contribution in [3.05, 3.63) is 20.8 Å². The van der Waals surface area contributed by atoms with Gasteiger partial charge < -0.3 is 14.6 Å². The van der Waals surface area contributed by atoms with Crippen LogP contribution in [-0.2, 0) is 24.4 Å². The zero-order valence-corrected chi connectivity index (χ0v) is 13.5. The molecule has 2 aromatic heterocycles. The van der Waals surface area contributed by atoms with Gasteiger partial charge in [-0.1, -0.05) is 0 Å². The molecule has 22 heavy (non-hydrogen) atoms. The average molecular weight is 309 g/mol. The number of anilines is 1. The van der Waals surface area contributed by atoms with E-state index in [0.29, 0.717) is 49.8 Å². The van der Waals surface area contributed by atoms with Crippen molar-refractivity contribution in [2.45, 2.75) is 39.9 Å². The van der Waals surface area contributed by atoms with Gasteiger partial charge in [0.15, 0.2) is 11.2 Å². The molecule has 0 radical (unpaired) electrons. The first-order valence-electron chi connectivity index (χ1n) is 7.51. The Hall–Kier alpha value is -2.09. The van der Waals surface area contributed by atoms with E-state index in [2.05, 4.69) is 10.3 Å². The summed E-state index contributed by atoms with van der Waals surface area (Å²) in [6, 6.07) is 0. The molecule has 1 N–H and O–H groups in total. The number of methoxy groups -OCH3 is 1. The van der Waals surface area contributed by atoms with Gasteiger partial charge in [-0.15, -0.1) is 0 Å². The maximum absolute atomic E-state index is 12.6. The van der Waals surface area contributed by atoms with E-state index < -0.39 is 0 Å². The predicted molar refractivity (Wildman–Crippen MR) is 85.6 cm³/mol. The highest BCUT2D eigenvalue weighted by atomic mass is 16.5. The van der Waals surface area contributed by atoms with Gasteiger partial charge in [-0.3, -0.25) is 13.9 Å². The highest BCUT2D eigenvalue weighted by Crippen LogP contribution is 2.15. The number of nitrogens with one attached hydrogen (secondary N) is 1. The summed E-state index contributed by atoms with van der Waals surface area (Å²) in [7, 11) is 3.37.